The van der Waals surface area contributed by atoms with Crippen molar-refractivity contribution in [2.75, 3.05) is 11.9 Å². The molecule has 104 valence electrons. The van der Waals surface area contributed by atoms with E-state index < -0.39 is 0 Å². The van der Waals surface area contributed by atoms with Gasteiger partial charge in [0.2, 0.25) is 0 Å². The second kappa shape index (κ2) is 5.27. The third kappa shape index (κ3) is 2.30. The van der Waals surface area contributed by atoms with Crippen LogP contribution in [0.25, 0.3) is 0 Å². The van der Waals surface area contributed by atoms with Crippen molar-refractivity contribution in [1.29, 1.82) is 0 Å². The Morgan fingerprint density at radius 1 is 1.47 bits per heavy atom. The zero-order chi connectivity index (χ0) is 13.5. The Morgan fingerprint density at radius 3 is 2.84 bits per heavy atom. The van der Waals surface area contributed by atoms with Crippen LogP contribution in [-0.2, 0) is 4.74 Å². The summed E-state index contributed by atoms with van der Waals surface area (Å²) in [5.74, 6) is 0. The van der Waals surface area contributed by atoms with Gasteiger partial charge in [-0.1, -0.05) is 18.0 Å². The van der Waals surface area contributed by atoms with E-state index in [0.29, 0.717) is 17.6 Å². The van der Waals surface area contributed by atoms with E-state index >= 15 is 0 Å². The number of rotatable bonds is 4. The lowest BCUT2D eigenvalue weighted by molar-refractivity contribution is -0.157. The number of ether oxygens (including phenoxy) is 1. The van der Waals surface area contributed by atoms with Crippen molar-refractivity contribution in [3.63, 3.8) is 0 Å². The molecule has 0 radical (unpaired) electrons. The summed E-state index contributed by atoms with van der Waals surface area (Å²) in [5.41, 5.74) is 1.52. The predicted octanol–water partition coefficient (Wildman–Crippen LogP) is 4.86. The molecule has 3 rings (SSSR count). The van der Waals surface area contributed by atoms with Crippen LogP contribution < -0.4 is 5.32 Å². The standard InChI is InChI=1S/C15H19BrClNO/c1-2-19-14-9-13(15(14)6-3-7-15)18-12-5-4-10(17)8-11(12)16/h4-5,8,13-14,18H,2-3,6-7,9H2,1H3. The van der Waals surface area contributed by atoms with Gasteiger partial charge in [0.05, 0.1) is 6.10 Å². The third-order valence-corrected chi connectivity index (χ3v) is 5.59. The van der Waals surface area contributed by atoms with Crippen molar-refractivity contribution < 1.29 is 4.74 Å². The Kier molecular flexibility index (Phi) is 3.80. The maximum Gasteiger partial charge on any atom is 0.0670 e. The van der Waals surface area contributed by atoms with Gasteiger partial charge in [-0.15, -0.1) is 0 Å². The van der Waals surface area contributed by atoms with Gasteiger partial charge in [-0.25, -0.2) is 0 Å². The summed E-state index contributed by atoms with van der Waals surface area (Å²) < 4.78 is 6.92. The molecule has 0 heterocycles. The molecule has 0 bridgehead atoms. The van der Waals surface area contributed by atoms with Crippen molar-refractivity contribution >= 4 is 33.2 Å². The number of halogens is 2. The number of nitrogens with one attached hydrogen (secondary N) is 1. The predicted molar refractivity (Wildman–Crippen MR) is 82.9 cm³/mol. The molecule has 2 aliphatic rings. The minimum atomic E-state index is 0.384. The molecule has 0 amide bonds. The summed E-state index contributed by atoms with van der Waals surface area (Å²) >= 11 is 9.56. The SMILES string of the molecule is CCOC1CC(Nc2ccc(Cl)cc2Br)C12CCC2. The van der Waals surface area contributed by atoms with E-state index in [1.54, 1.807) is 0 Å². The fourth-order valence-electron chi connectivity index (χ4n) is 3.43. The van der Waals surface area contributed by atoms with E-state index in [1.165, 1.54) is 19.3 Å². The van der Waals surface area contributed by atoms with Gasteiger partial charge in [0.15, 0.2) is 0 Å². The van der Waals surface area contributed by atoms with Crippen LogP contribution in [0.2, 0.25) is 5.02 Å². The first-order chi connectivity index (χ1) is 9.15. The number of hydrogen-bond acceptors (Lipinski definition) is 2. The lowest BCUT2D eigenvalue weighted by atomic mass is 9.51. The van der Waals surface area contributed by atoms with Crippen molar-refractivity contribution in [2.45, 2.75) is 44.8 Å². The number of benzene rings is 1. The van der Waals surface area contributed by atoms with Gasteiger partial charge in [0, 0.05) is 33.2 Å². The van der Waals surface area contributed by atoms with Crippen molar-refractivity contribution in [2.24, 2.45) is 5.41 Å². The minimum absolute atomic E-state index is 0.384. The van der Waals surface area contributed by atoms with Gasteiger partial charge in [-0.3, -0.25) is 0 Å². The van der Waals surface area contributed by atoms with E-state index in [2.05, 4.69) is 28.2 Å². The molecule has 0 aliphatic heterocycles. The Morgan fingerprint density at radius 2 is 2.26 bits per heavy atom. The lowest BCUT2D eigenvalue weighted by Crippen LogP contribution is -2.64. The fourth-order valence-corrected chi connectivity index (χ4v) is 4.23. The second-order valence-electron chi connectivity index (χ2n) is 5.59. The van der Waals surface area contributed by atoms with E-state index in [1.807, 2.05) is 18.2 Å². The van der Waals surface area contributed by atoms with E-state index in [0.717, 1.165) is 28.2 Å². The molecule has 2 saturated carbocycles. The van der Waals surface area contributed by atoms with Crippen LogP contribution in [0.3, 0.4) is 0 Å². The van der Waals surface area contributed by atoms with E-state index in [-0.39, 0.29) is 0 Å². The molecule has 4 heteroatoms. The lowest BCUT2D eigenvalue weighted by Gasteiger charge is -2.61. The average Bonchev–Trinajstić information content (AvgIpc) is 2.28. The van der Waals surface area contributed by atoms with Crippen LogP contribution in [-0.4, -0.2) is 18.8 Å². The molecule has 1 N–H and O–H groups in total. The molecule has 1 aromatic rings. The smallest absolute Gasteiger partial charge is 0.0670 e. The highest BCUT2D eigenvalue weighted by Gasteiger charge is 2.58. The monoisotopic (exact) mass is 343 g/mol. The highest BCUT2D eigenvalue weighted by molar-refractivity contribution is 9.10. The Balaban J connectivity index is 1.71. The van der Waals surface area contributed by atoms with Gasteiger partial charge in [-0.2, -0.15) is 0 Å². The second-order valence-corrected chi connectivity index (χ2v) is 6.88. The third-order valence-electron chi connectivity index (χ3n) is 4.70. The first-order valence-corrected chi connectivity index (χ1v) is 8.16. The molecule has 2 aliphatic carbocycles. The van der Waals surface area contributed by atoms with Crippen LogP contribution in [0.5, 0.6) is 0 Å². The van der Waals surface area contributed by atoms with Crippen LogP contribution in [0.4, 0.5) is 5.69 Å². The van der Waals surface area contributed by atoms with Gasteiger partial charge < -0.3 is 10.1 Å². The van der Waals surface area contributed by atoms with E-state index in [4.69, 9.17) is 16.3 Å². The van der Waals surface area contributed by atoms with Crippen LogP contribution in [0, 0.1) is 5.41 Å². The van der Waals surface area contributed by atoms with Crippen molar-refractivity contribution in [1.82, 2.24) is 0 Å². The summed E-state index contributed by atoms with van der Waals surface area (Å²) in [6, 6.07) is 6.46. The van der Waals surface area contributed by atoms with Crippen molar-refractivity contribution in [3.05, 3.63) is 27.7 Å². The molecule has 2 atom stereocenters. The molecule has 0 aromatic heterocycles. The van der Waals surface area contributed by atoms with Crippen LogP contribution in [0.15, 0.2) is 22.7 Å². The van der Waals surface area contributed by atoms with Crippen LogP contribution >= 0.6 is 27.5 Å². The van der Waals surface area contributed by atoms with Gasteiger partial charge >= 0.3 is 0 Å². The van der Waals surface area contributed by atoms with Gasteiger partial charge in [-0.05, 0) is 60.3 Å². The topological polar surface area (TPSA) is 21.3 Å². The van der Waals surface area contributed by atoms with E-state index in [9.17, 15) is 0 Å². The molecule has 1 aromatic carbocycles. The Bertz CT molecular complexity index is 475. The normalized spacial score (nSPS) is 27.7. The zero-order valence-electron chi connectivity index (χ0n) is 11.1. The van der Waals surface area contributed by atoms with Crippen molar-refractivity contribution in [3.8, 4) is 0 Å². The average molecular weight is 345 g/mol. The summed E-state index contributed by atoms with van der Waals surface area (Å²) in [6.07, 6.45) is 5.49. The molecular weight excluding hydrogens is 326 g/mol. The summed E-state index contributed by atoms with van der Waals surface area (Å²) in [5, 5.41) is 4.43. The maximum atomic E-state index is 5.98. The summed E-state index contributed by atoms with van der Waals surface area (Å²) in [6.45, 7) is 2.91. The van der Waals surface area contributed by atoms with Gasteiger partial charge in [0.1, 0.15) is 0 Å². The molecule has 2 fully saturated rings. The van der Waals surface area contributed by atoms with Gasteiger partial charge in [0.25, 0.3) is 0 Å². The quantitative estimate of drug-likeness (QED) is 0.842. The number of hydrogen-bond donors (Lipinski definition) is 1. The maximum absolute atomic E-state index is 5.98. The molecule has 19 heavy (non-hydrogen) atoms. The number of anilines is 1. The zero-order valence-corrected chi connectivity index (χ0v) is 13.4. The largest absolute Gasteiger partial charge is 0.381 e. The first-order valence-electron chi connectivity index (χ1n) is 6.99. The Labute approximate surface area is 128 Å². The highest BCUT2D eigenvalue weighted by Crippen LogP contribution is 2.58. The molecular formula is C15H19BrClNO. The van der Waals surface area contributed by atoms with Crippen LogP contribution in [0.1, 0.15) is 32.6 Å². The molecule has 1 spiro atoms. The minimum Gasteiger partial charge on any atom is -0.381 e. The molecule has 2 unspecified atom stereocenters. The summed E-state index contributed by atoms with van der Waals surface area (Å²) in [4.78, 5) is 0. The fraction of sp³-hybridized carbons (Fsp3) is 0.600. The molecule has 0 saturated heterocycles. The summed E-state index contributed by atoms with van der Waals surface area (Å²) in [7, 11) is 0. The molecule has 2 nitrogen and oxygen atoms in total. The first kappa shape index (κ1) is 13.7. The highest BCUT2D eigenvalue weighted by atomic mass is 79.9. The Hall–Kier alpha value is -0.250.